The van der Waals surface area contributed by atoms with E-state index in [1.165, 1.54) is 6.42 Å². The van der Waals surface area contributed by atoms with Gasteiger partial charge in [-0.2, -0.15) is 0 Å². The minimum atomic E-state index is -0.373. The largest absolute Gasteiger partial charge is 0.355 e. The molecule has 0 spiro atoms. The Balaban J connectivity index is 1.32. The van der Waals surface area contributed by atoms with Gasteiger partial charge in [-0.3, -0.25) is 9.59 Å². The zero-order valence-corrected chi connectivity index (χ0v) is 17.1. The highest BCUT2D eigenvalue weighted by Gasteiger charge is 2.51. The first-order valence-corrected chi connectivity index (χ1v) is 11.0. The minimum absolute atomic E-state index is 0.119. The summed E-state index contributed by atoms with van der Waals surface area (Å²) in [5.41, 5.74) is 1.68. The molecule has 1 saturated carbocycles. The Bertz CT molecular complexity index is 767. The number of hydrogen-bond acceptors (Lipinski definition) is 2. The molecule has 0 aromatic heterocycles. The van der Waals surface area contributed by atoms with Gasteiger partial charge in [-0.05, 0) is 75.0 Å². The Kier molecular flexibility index (Phi) is 5.77. The summed E-state index contributed by atoms with van der Waals surface area (Å²) in [5, 5.41) is 3.88. The van der Waals surface area contributed by atoms with E-state index in [1.807, 2.05) is 29.2 Å². The van der Waals surface area contributed by atoms with Crippen molar-refractivity contribution in [1.29, 1.82) is 0 Å². The SMILES string of the molecule is O=C(C1=CCCCC1)N1CCC[C@@H](CNC(=O)C2(c3ccc(Cl)cc3)CC2)C1. The number of carbonyl (C=O) groups excluding carboxylic acids is 2. The van der Waals surface area contributed by atoms with Crippen LogP contribution in [0.15, 0.2) is 35.9 Å². The van der Waals surface area contributed by atoms with Crippen LogP contribution < -0.4 is 5.32 Å². The van der Waals surface area contributed by atoms with Crippen molar-refractivity contribution in [2.75, 3.05) is 19.6 Å². The van der Waals surface area contributed by atoms with Crippen LogP contribution in [0.4, 0.5) is 0 Å². The molecule has 1 atom stereocenters. The highest BCUT2D eigenvalue weighted by atomic mass is 35.5. The van der Waals surface area contributed by atoms with Crippen molar-refractivity contribution >= 4 is 23.4 Å². The Morgan fingerprint density at radius 2 is 1.93 bits per heavy atom. The summed E-state index contributed by atoms with van der Waals surface area (Å²) in [6.07, 6.45) is 10.3. The Morgan fingerprint density at radius 3 is 2.61 bits per heavy atom. The second-order valence-electron chi connectivity index (χ2n) is 8.53. The van der Waals surface area contributed by atoms with Gasteiger partial charge in [0.05, 0.1) is 5.41 Å². The molecule has 4 rings (SSSR count). The van der Waals surface area contributed by atoms with E-state index >= 15 is 0 Å². The second kappa shape index (κ2) is 8.28. The van der Waals surface area contributed by atoms with Gasteiger partial charge in [-0.15, -0.1) is 0 Å². The molecular weight excluding hydrogens is 372 g/mol. The van der Waals surface area contributed by atoms with Gasteiger partial charge in [0.25, 0.3) is 0 Å². The molecule has 0 unspecified atom stereocenters. The molecule has 5 heteroatoms. The molecule has 1 aromatic rings. The number of allylic oxidation sites excluding steroid dienone is 1. The van der Waals surface area contributed by atoms with Crippen molar-refractivity contribution < 1.29 is 9.59 Å². The molecule has 0 bridgehead atoms. The summed E-state index contributed by atoms with van der Waals surface area (Å²) in [4.78, 5) is 27.7. The maximum absolute atomic E-state index is 12.9. The summed E-state index contributed by atoms with van der Waals surface area (Å²) in [6.45, 7) is 2.25. The van der Waals surface area contributed by atoms with E-state index in [-0.39, 0.29) is 17.2 Å². The Hall–Kier alpha value is -1.81. The molecule has 3 aliphatic rings. The van der Waals surface area contributed by atoms with Gasteiger partial charge in [0.15, 0.2) is 0 Å². The van der Waals surface area contributed by atoms with Crippen LogP contribution >= 0.6 is 11.6 Å². The number of benzene rings is 1. The van der Waals surface area contributed by atoms with Crippen molar-refractivity contribution in [3.8, 4) is 0 Å². The first-order valence-electron chi connectivity index (χ1n) is 10.6. The molecule has 1 saturated heterocycles. The molecule has 1 aromatic carbocycles. The maximum Gasteiger partial charge on any atom is 0.249 e. The van der Waals surface area contributed by atoms with E-state index in [0.29, 0.717) is 17.5 Å². The quantitative estimate of drug-likeness (QED) is 0.804. The van der Waals surface area contributed by atoms with Crippen molar-refractivity contribution in [3.05, 3.63) is 46.5 Å². The number of amides is 2. The number of rotatable bonds is 5. The zero-order valence-electron chi connectivity index (χ0n) is 16.4. The number of piperidine rings is 1. The van der Waals surface area contributed by atoms with Crippen LogP contribution in [-0.2, 0) is 15.0 Å². The zero-order chi connectivity index (χ0) is 19.6. The molecule has 2 aliphatic carbocycles. The monoisotopic (exact) mass is 400 g/mol. The predicted octanol–water partition coefficient (Wildman–Crippen LogP) is 4.23. The van der Waals surface area contributed by atoms with E-state index in [4.69, 9.17) is 11.6 Å². The molecule has 0 radical (unpaired) electrons. The second-order valence-corrected chi connectivity index (χ2v) is 8.97. The van der Waals surface area contributed by atoms with Crippen molar-refractivity contribution in [3.63, 3.8) is 0 Å². The first kappa shape index (κ1) is 19.5. The number of nitrogens with zero attached hydrogens (tertiary/aromatic N) is 1. The van der Waals surface area contributed by atoms with Gasteiger partial charge in [0.1, 0.15) is 0 Å². The molecule has 1 aliphatic heterocycles. The summed E-state index contributed by atoms with van der Waals surface area (Å²) in [6, 6.07) is 7.64. The van der Waals surface area contributed by atoms with E-state index in [2.05, 4.69) is 11.4 Å². The van der Waals surface area contributed by atoms with Crippen molar-refractivity contribution in [1.82, 2.24) is 10.2 Å². The lowest BCUT2D eigenvalue weighted by Gasteiger charge is -2.34. The summed E-state index contributed by atoms with van der Waals surface area (Å²) in [5.74, 6) is 0.677. The summed E-state index contributed by atoms with van der Waals surface area (Å²) < 4.78 is 0. The smallest absolute Gasteiger partial charge is 0.249 e. The molecular formula is C23H29ClN2O2. The summed E-state index contributed by atoms with van der Waals surface area (Å²) in [7, 11) is 0. The summed E-state index contributed by atoms with van der Waals surface area (Å²) >= 11 is 5.98. The lowest BCUT2D eigenvalue weighted by atomic mass is 9.93. The first-order chi connectivity index (χ1) is 13.6. The third-order valence-electron chi connectivity index (χ3n) is 6.50. The lowest BCUT2D eigenvalue weighted by Crippen LogP contribution is -2.45. The fraction of sp³-hybridized carbons (Fsp3) is 0.565. The van der Waals surface area contributed by atoms with Crippen molar-refractivity contribution in [2.45, 2.75) is 56.8 Å². The number of carbonyl (C=O) groups is 2. The molecule has 2 fully saturated rings. The fourth-order valence-electron chi connectivity index (χ4n) is 4.60. The molecule has 150 valence electrons. The lowest BCUT2D eigenvalue weighted by molar-refractivity contribution is -0.129. The highest BCUT2D eigenvalue weighted by molar-refractivity contribution is 6.30. The fourth-order valence-corrected chi connectivity index (χ4v) is 4.72. The van der Waals surface area contributed by atoms with Gasteiger partial charge < -0.3 is 10.2 Å². The molecule has 28 heavy (non-hydrogen) atoms. The number of likely N-dealkylation sites (tertiary alicyclic amines) is 1. The number of nitrogens with one attached hydrogen (secondary N) is 1. The van der Waals surface area contributed by atoms with E-state index in [9.17, 15) is 9.59 Å². The van der Waals surface area contributed by atoms with E-state index in [0.717, 1.165) is 69.2 Å². The molecule has 1 N–H and O–H groups in total. The minimum Gasteiger partial charge on any atom is -0.355 e. The van der Waals surface area contributed by atoms with Gasteiger partial charge in [-0.1, -0.05) is 29.8 Å². The van der Waals surface area contributed by atoms with Gasteiger partial charge in [0, 0.05) is 30.2 Å². The number of halogens is 1. The molecule has 1 heterocycles. The maximum atomic E-state index is 12.9. The average molecular weight is 401 g/mol. The van der Waals surface area contributed by atoms with E-state index < -0.39 is 0 Å². The highest BCUT2D eigenvalue weighted by Crippen LogP contribution is 2.48. The van der Waals surface area contributed by atoms with Gasteiger partial charge in [0.2, 0.25) is 11.8 Å². The van der Waals surface area contributed by atoms with Gasteiger partial charge >= 0.3 is 0 Å². The standard InChI is InChI=1S/C23H29ClN2O2/c24-20-10-8-19(9-11-20)23(12-13-23)22(28)25-15-17-5-4-14-26(16-17)21(27)18-6-2-1-3-7-18/h6,8-11,17H,1-5,7,12-16H2,(H,25,28)/t17-/m0/s1. The average Bonchev–Trinajstić information content (AvgIpc) is 3.55. The van der Waals surface area contributed by atoms with Crippen LogP contribution in [0.3, 0.4) is 0 Å². The third kappa shape index (κ3) is 4.12. The van der Waals surface area contributed by atoms with Crippen molar-refractivity contribution in [2.24, 2.45) is 5.92 Å². The van der Waals surface area contributed by atoms with Crippen LogP contribution in [0, 0.1) is 5.92 Å². The Morgan fingerprint density at radius 1 is 1.14 bits per heavy atom. The Labute approximate surface area is 172 Å². The van der Waals surface area contributed by atoms with Crippen LogP contribution in [0.1, 0.15) is 56.9 Å². The molecule has 4 nitrogen and oxygen atoms in total. The van der Waals surface area contributed by atoms with E-state index in [1.54, 1.807) is 0 Å². The molecule has 2 amide bonds. The number of hydrogen-bond donors (Lipinski definition) is 1. The topological polar surface area (TPSA) is 49.4 Å². The van der Waals surface area contributed by atoms with Crippen LogP contribution in [0.2, 0.25) is 5.02 Å². The van der Waals surface area contributed by atoms with Crippen LogP contribution in [0.25, 0.3) is 0 Å². The van der Waals surface area contributed by atoms with Crippen LogP contribution in [-0.4, -0.2) is 36.3 Å². The van der Waals surface area contributed by atoms with Gasteiger partial charge in [-0.25, -0.2) is 0 Å². The normalized spacial score (nSPS) is 23.7. The van der Waals surface area contributed by atoms with Crippen LogP contribution in [0.5, 0.6) is 0 Å². The predicted molar refractivity (Wildman–Crippen MR) is 111 cm³/mol. The third-order valence-corrected chi connectivity index (χ3v) is 6.76.